The Morgan fingerprint density at radius 3 is 2.57 bits per heavy atom. The van der Waals surface area contributed by atoms with Crippen LogP contribution in [0.25, 0.3) is 17.1 Å². The van der Waals surface area contributed by atoms with E-state index < -0.39 is 0 Å². The number of aromatic nitrogens is 2. The first kappa shape index (κ1) is 19.5. The van der Waals surface area contributed by atoms with E-state index in [4.69, 9.17) is 9.72 Å². The Morgan fingerprint density at radius 2 is 1.73 bits per heavy atom. The van der Waals surface area contributed by atoms with Gasteiger partial charge < -0.3 is 14.6 Å². The third-order valence-corrected chi connectivity index (χ3v) is 4.89. The first-order valence-corrected chi connectivity index (χ1v) is 9.83. The van der Waals surface area contributed by atoms with Crippen molar-refractivity contribution in [2.45, 2.75) is 13.1 Å². The minimum absolute atomic E-state index is 0.189. The fourth-order valence-electron chi connectivity index (χ4n) is 3.41. The van der Waals surface area contributed by atoms with E-state index in [2.05, 4.69) is 34.2 Å². The van der Waals surface area contributed by atoms with Gasteiger partial charge in [0.25, 0.3) is 5.91 Å². The van der Waals surface area contributed by atoms with Gasteiger partial charge in [0.15, 0.2) is 0 Å². The fraction of sp³-hybridized carbons (Fsp3) is 0.120. The third-order valence-electron chi connectivity index (χ3n) is 4.89. The van der Waals surface area contributed by atoms with Crippen LogP contribution < -0.4 is 10.1 Å². The summed E-state index contributed by atoms with van der Waals surface area (Å²) < 4.78 is 7.42. The Hall–Kier alpha value is -3.86. The van der Waals surface area contributed by atoms with Crippen LogP contribution in [-0.2, 0) is 13.1 Å². The van der Waals surface area contributed by atoms with Crippen LogP contribution in [0.3, 0.4) is 0 Å². The molecule has 5 nitrogen and oxygen atoms in total. The van der Waals surface area contributed by atoms with E-state index in [0.29, 0.717) is 24.4 Å². The van der Waals surface area contributed by atoms with Crippen LogP contribution in [0.2, 0.25) is 0 Å². The number of ether oxygens (including phenoxy) is 1. The van der Waals surface area contributed by atoms with Crippen LogP contribution in [0.15, 0.2) is 84.9 Å². The lowest BCUT2D eigenvalue weighted by Gasteiger charge is -2.10. The van der Waals surface area contributed by atoms with Gasteiger partial charge in [0.1, 0.15) is 11.6 Å². The highest BCUT2D eigenvalue weighted by molar-refractivity contribution is 5.96. The molecule has 30 heavy (non-hydrogen) atoms. The Bertz CT molecular complexity index is 1180. The molecule has 0 spiro atoms. The van der Waals surface area contributed by atoms with Crippen LogP contribution in [0, 0.1) is 0 Å². The molecular weight excluding hydrogens is 374 g/mol. The Balaban J connectivity index is 1.55. The minimum atomic E-state index is -0.189. The SMILES string of the molecule is COc1ccccc1C(=O)NCc1nc2ccccc2n1C/C=C/c1ccccc1. The summed E-state index contributed by atoms with van der Waals surface area (Å²) in [6.45, 7) is 0.986. The molecule has 1 amide bonds. The Morgan fingerprint density at radius 1 is 1.00 bits per heavy atom. The molecule has 4 rings (SSSR count). The largest absolute Gasteiger partial charge is 0.496 e. The zero-order valence-electron chi connectivity index (χ0n) is 16.8. The number of nitrogens with one attached hydrogen (secondary N) is 1. The molecule has 5 heteroatoms. The van der Waals surface area contributed by atoms with Gasteiger partial charge in [0.05, 0.1) is 30.3 Å². The van der Waals surface area contributed by atoms with Crippen molar-refractivity contribution in [3.63, 3.8) is 0 Å². The standard InChI is InChI=1S/C25H23N3O2/c1-30-23-16-8-5-13-20(23)25(29)26-18-24-27-21-14-6-7-15-22(21)28(24)17-9-12-19-10-3-2-4-11-19/h2-16H,17-18H2,1H3,(H,26,29)/b12-9+. The lowest BCUT2D eigenvalue weighted by molar-refractivity contribution is 0.0946. The molecular formula is C25H23N3O2. The fourth-order valence-corrected chi connectivity index (χ4v) is 3.41. The second kappa shape index (κ2) is 9.09. The number of nitrogens with zero attached hydrogens (tertiary/aromatic N) is 2. The number of fused-ring (bicyclic) bond motifs is 1. The second-order valence-corrected chi connectivity index (χ2v) is 6.82. The maximum Gasteiger partial charge on any atom is 0.255 e. The van der Waals surface area contributed by atoms with Crippen molar-refractivity contribution in [3.8, 4) is 5.75 Å². The summed E-state index contributed by atoms with van der Waals surface area (Å²) in [7, 11) is 1.56. The average molecular weight is 397 g/mol. The molecule has 0 unspecified atom stereocenters. The number of hydrogen-bond donors (Lipinski definition) is 1. The minimum Gasteiger partial charge on any atom is -0.496 e. The summed E-state index contributed by atoms with van der Waals surface area (Å²) in [5.41, 5.74) is 3.60. The molecule has 0 fully saturated rings. The van der Waals surface area contributed by atoms with Gasteiger partial charge in [-0.15, -0.1) is 0 Å². The number of carbonyl (C=O) groups is 1. The van der Waals surface area contributed by atoms with E-state index in [0.717, 1.165) is 22.4 Å². The molecule has 1 heterocycles. The highest BCUT2D eigenvalue weighted by atomic mass is 16.5. The van der Waals surface area contributed by atoms with Gasteiger partial charge in [0, 0.05) is 6.54 Å². The van der Waals surface area contributed by atoms with Crippen molar-refractivity contribution in [2.24, 2.45) is 0 Å². The maximum absolute atomic E-state index is 12.7. The molecule has 0 atom stereocenters. The van der Waals surface area contributed by atoms with Crippen LogP contribution in [-0.4, -0.2) is 22.6 Å². The summed E-state index contributed by atoms with van der Waals surface area (Å²) >= 11 is 0. The summed E-state index contributed by atoms with van der Waals surface area (Å²) in [6.07, 6.45) is 4.20. The van der Waals surface area contributed by atoms with Gasteiger partial charge in [-0.05, 0) is 29.8 Å². The first-order valence-electron chi connectivity index (χ1n) is 9.83. The van der Waals surface area contributed by atoms with Crippen molar-refractivity contribution < 1.29 is 9.53 Å². The molecule has 0 saturated heterocycles. The molecule has 0 aliphatic carbocycles. The number of imidazole rings is 1. The zero-order chi connectivity index (χ0) is 20.8. The molecule has 0 radical (unpaired) electrons. The molecule has 0 aliphatic rings. The predicted molar refractivity (Wildman–Crippen MR) is 119 cm³/mol. The van der Waals surface area contributed by atoms with E-state index in [9.17, 15) is 4.79 Å². The van der Waals surface area contributed by atoms with Crippen LogP contribution in [0.1, 0.15) is 21.7 Å². The Labute approximate surface area is 175 Å². The van der Waals surface area contributed by atoms with E-state index in [-0.39, 0.29) is 5.91 Å². The number of allylic oxidation sites excluding steroid dienone is 1. The summed E-state index contributed by atoms with van der Waals surface area (Å²) in [4.78, 5) is 17.4. The molecule has 0 aliphatic heterocycles. The van der Waals surface area contributed by atoms with Crippen molar-refractivity contribution >= 4 is 23.0 Å². The predicted octanol–water partition coefficient (Wildman–Crippen LogP) is 4.69. The first-order chi connectivity index (χ1) is 14.8. The molecule has 0 saturated carbocycles. The van der Waals surface area contributed by atoms with E-state index in [1.165, 1.54) is 0 Å². The van der Waals surface area contributed by atoms with Crippen molar-refractivity contribution in [2.75, 3.05) is 7.11 Å². The third kappa shape index (κ3) is 4.25. The van der Waals surface area contributed by atoms with Gasteiger partial charge in [-0.1, -0.05) is 66.7 Å². The van der Waals surface area contributed by atoms with Crippen molar-refractivity contribution in [1.82, 2.24) is 14.9 Å². The highest BCUT2D eigenvalue weighted by Gasteiger charge is 2.14. The molecule has 0 bridgehead atoms. The van der Waals surface area contributed by atoms with Crippen LogP contribution in [0.4, 0.5) is 0 Å². The summed E-state index contributed by atoms with van der Waals surface area (Å²) in [5.74, 6) is 1.16. The van der Waals surface area contributed by atoms with E-state index in [1.54, 1.807) is 19.2 Å². The number of para-hydroxylation sites is 3. The van der Waals surface area contributed by atoms with Gasteiger partial charge >= 0.3 is 0 Å². The quantitative estimate of drug-likeness (QED) is 0.492. The molecule has 1 N–H and O–H groups in total. The van der Waals surface area contributed by atoms with Gasteiger partial charge in [-0.2, -0.15) is 0 Å². The topological polar surface area (TPSA) is 56.1 Å². The summed E-state index contributed by atoms with van der Waals surface area (Å²) in [6, 6.07) is 25.4. The van der Waals surface area contributed by atoms with E-state index in [1.807, 2.05) is 54.6 Å². The average Bonchev–Trinajstić information content (AvgIpc) is 3.15. The number of benzene rings is 3. The lowest BCUT2D eigenvalue weighted by atomic mass is 10.2. The van der Waals surface area contributed by atoms with E-state index >= 15 is 0 Å². The number of rotatable bonds is 7. The lowest BCUT2D eigenvalue weighted by Crippen LogP contribution is -2.25. The number of amides is 1. The second-order valence-electron chi connectivity index (χ2n) is 6.82. The highest BCUT2D eigenvalue weighted by Crippen LogP contribution is 2.19. The molecule has 3 aromatic carbocycles. The number of methoxy groups -OCH3 is 1. The van der Waals surface area contributed by atoms with Crippen molar-refractivity contribution in [3.05, 3.63) is 102 Å². The molecule has 1 aromatic heterocycles. The van der Waals surface area contributed by atoms with Gasteiger partial charge in [-0.25, -0.2) is 4.98 Å². The number of hydrogen-bond acceptors (Lipinski definition) is 3. The zero-order valence-corrected chi connectivity index (χ0v) is 16.8. The molecule has 4 aromatic rings. The van der Waals surface area contributed by atoms with Crippen LogP contribution in [0.5, 0.6) is 5.75 Å². The smallest absolute Gasteiger partial charge is 0.255 e. The van der Waals surface area contributed by atoms with Gasteiger partial charge in [-0.3, -0.25) is 4.79 Å². The Kier molecular flexibility index (Phi) is 5.90. The molecule has 150 valence electrons. The maximum atomic E-state index is 12.7. The van der Waals surface area contributed by atoms with Crippen LogP contribution >= 0.6 is 0 Å². The normalized spacial score (nSPS) is 11.1. The summed E-state index contributed by atoms with van der Waals surface area (Å²) in [5, 5.41) is 2.97. The van der Waals surface area contributed by atoms with Gasteiger partial charge in [0.2, 0.25) is 0 Å². The number of carbonyl (C=O) groups excluding carboxylic acids is 1. The van der Waals surface area contributed by atoms with Crippen molar-refractivity contribution in [1.29, 1.82) is 0 Å². The monoisotopic (exact) mass is 397 g/mol.